The maximum atomic E-state index is 4.29. The molecule has 1 atom stereocenters. The smallest absolute Gasteiger partial charge is 0.202 e. The summed E-state index contributed by atoms with van der Waals surface area (Å²) in [6.45, 7) is 6.52. The second-order valence-corrected chi connectivity index (χ2v) is 4.11. The standard InChI is InChI=1S/C11H20N4/c1-2-15-8-7-14-11(15)13-6-4-10-3-5-12-9-10/h7-8,10,12H,2-6,9H2,1H3,(H,13,14). The lowest BCUT2D eigenvalue weighted by Gasteiger charge is -2.10. The van der Waals surface area contributed by atoms with Gasteiger partial charge in [-0.15, -0.1) is 0 Å². The zero-order valence-electron chi connectivity index (χ0n) is 9.37. The van der Waals surface area contributed by atoms with E-state index >= 15 is 0 Å². The average molecular weight is 208 g/mol. The van der Waals surface area contributed by atoms with Gasteiger partial charge in [-0.1, -0.05) is 0 Å². The summed E-state index contributed by atoms with van der Waals surface area (Å²) < 4.78 is 2.13. The molecule has 2 rings (SSSR count). The average Bonchev–Trinajstić information content (AvgIpc) is 2.88. The van der Waals surface area contributed by atoms with Crippen LogP contribution in [0.5, 0.6) is 0 Å². The molecule has 1 aliphatic rings. The highest BCUT2D eigenvalue weighted by atomic mass is 15.2. The molecule has 2 heterocycles. The zero-order valence-corrected chi connectivity index (χ0v) is 9.37. The predicted molar refractivity (Wildman–Crippen MR) is 62.0 cm³/mol. The molecule has 84 valence electrons. The summed E-state index contributed by atoms with van der Waals surface area (Å²) in [5.74, 6) is 1.85. The van der Waals surface area contributed by atoms with Gasteiger partial charge in [-0.05, 0) is 38.8 Å². The lowest BCUT2D eigenvalue weighted by Crippen LogP contribution is -2.14. The van der Waals surface area contributed by atoms with Gasteiger partial charge in [0.15, 0.2) is 0 Å². The Labute approximate surface area is 91.1 Å². The predicted octanol–water partition coefficient (Wildman–Crippen LogP) is 1.31. The maximum absolute atomic E-state index is 4.29. The van der Waals surface area contributed by atoms with Crippen LogP contribution in [0.2, 0.25) is 0 Å². The summed E-state index contributed by atoms with van der Waals surface area (Å²) in [5.41, 5.74) is 0. The first-order chi connectivity index (χ1) is 7.40. The van der Waals surface area contributed by atoms with Crippen molar-refractivity contribution in [3.05, 3.63) is 12.4 Å². The number of imidazole rings is 1. The third kappa shape index (κ3) is 2.72. The molecule has 2 N–H and O–H groups in total. The molecule has 0 amide bonds. The van der Waals surface area contributed by atoms with E-state index in [0.29, 0.717) is 0 Å². The van der Waals surface area contributed by atoms with Crippen LogP contribution < -0.4 is 10.6 Å². The number of hydrogen-bond acceptors (Lipinski definition) is 3. The van der Waals surface area contributed by atoms with Crippen LogP contribution in [0.15, 0.2) is 12.4 Å². The third-order valence-corrected chi connectivity index (χ3v) is 3.05. The molecule has 1 aromatic rings. The Morgan fingerprint density at radius 2 is 2.60 bits per heavy atom. The Balaban J connectivity index is 1.73. The van der Waals surface area contributed by atoms with Gasteiger partial charge in [0.25, 0.3) is 0 Å². The van der Waals surface area contributed by atoms with E-state index in [1.165, 1.54) is 25.9 Å². The molecule has 1 unspecified atom stereocenters. The molecule has 0 aliphatic carbocycles. The molecule has 0 bridgehead atoms. The Hall–Kier alpha value is -1.03. The van der Waals surface area contributed by atoms with Crippen molar-refractivity contribution in [2.75, 3.05) is 25.0 Å². The van der Waals surface area contributed by atoms with Crippen LogP contribution in [0.4, 0.5) is 5.95 Å². The molecule has 1 fully saturated rings. The molecular weight excluding hydrogens is 188 g/mol. The Morgan fingerprint density at radius 1 is 1.67 bits per heavy atom. The summed E-state index contributed by atoms with van der Waals surface area (Å²) in [7, 11) is 0. The normalized spacial score (nSPS) is 20.7. The van der Waals surface area contributed by atoms with Crippen LogP contribution in [-0.4, -0.2) is 29.2 Å². The van der Waals surface area contributed by atoms with Crippen molar-refractivity contribution in [2.45, 2.75) is 26.3 Å². The van der Waals surface area contributed by atoms with E-state index in [2.05, 4.69) is 27.1 Å². The topological polar surface area (TPSA) is 41.9 Å². The molecule has 0 aromatic carbocycles. The third-order valence-electron chi connectivity index (χ3n) is 3.05. The van der Waals surface area contributed by atoms with E-state index in [0.717, 1.165) is 25.0 Å². The molecule has 15 heavy (non-hydrogen) atoms. The fourth-order valence-electron chi connectivity index (χ4n) is 2.08. The SMILES string of the molecule is CCn1ccnc1NCCC1CCNC1. The summed E-state index contributed by atoms with van der Waals surface area (Å²) in [6, 6.07) is 0. The van der Waals surface area contributed by atoms with Crippen molar-refractivity contribution >= 4 is 5.95 Å². The van der Waals surface area contributed by atoms with Crippen LogP contribution in [0.1, 0.15) is 19.8 Å². The van der Waals surface area contributed by atoms with E-state index in [1.807, 2.05) is 12.4 Å². The van der Waals surface area contributed by atoms with E-state index in [4.69, 9.17) is 0 Å². The van der Waals surface area contributed by atoms with Crippen LogP contribution in [-0.2, 0) is 6.54 Å². The van der Waals surface area contributed by atoms with Crippen LogP contribution >= 0.6 is 0 Å². The van der Waals surface area contributed by atoms with Gasteiger partial charge in [-0.25, -0.2) is 4.98 Å². The van der Waals surface area contributed by atoms with E-state index < -0.39 is 0 Å². The highest BCUT2D eigenvalue weighted by Gasteiger charge is 2.13. The van der Waals surface area contributed by atoms with Crippen molar-refractivity contribution in [3.8, 4) is 0 Å². The Kier molecular flexibility index (Phi) is 3.61. The van der Waals surface area contributed by atoms with E-state index in [-0.39, 0.29) is 0 Å². The van der Waals surface area contributed by atoms with Crippen molar-refractivity contribution in [1.29, 1.82) is 0 Å². The van der Waals surface area contributed by atoms with Gasteiger partial charge in [-0.3, -0.25) is 0 Å². The lowest BCUT2D eigenvalue weighted by atomic mass is 10.1. The van der Waals surface area contributed by atoms with Crippen molar-refractivity contribution in [1.82, 2.24) is 14.9 Å². The number of rotatable bonds is 5. The molecular formula is C11H20N4. The van der Waals surface area contributed by atoms with Gasteiger partial charge in [-0.2, -0.15) is 0 Å². The lowest BCUT2D eigenvalue weighted by molar-refractivity contribution is 0.547. The van der Waals surface area contributed by atoms with E-state index in [9.17, 15) is 0 Å². The summed E-state index contributed by atoms with van der Waals surface area (Å²) in [4.78, 5) is 4.29. The van der Waals surface area contributed by atoms with Crippen LogP contribution in [0.3, 0.4) is 0 Å². The molecule has 4 heteroatoms. The largest absolute Gasteiger partial charge is 0.356 e. The number of aromatic nitrogens is 2. The number of aryl methyl sites for hydroxylation is 1. The summed E-state index contributed by atoms with van der Waals surface area (Å²) in [6.07, 6.45) is 6.43. The minimum atomic E-state index is 0.850. The van der Waals surface area contributed by atoms with Gasteiger partial charge in [0.2, 0.25) is 5.95 Å². The van der Waals surface area contributed by atoms with Gasteiger partial charge in [0.1, 0.15) is 0 Å². The molecule has 1 aliphatic heterocycles. The molecule has 4 nitrogen and oxygen atoms in total. The summed E-state index contributed by atoms with van der Waals surface area (Å²) in [5, 5.41) is 6.79. The first-order valence-electron chi connectivity index (χ1n) is 5.86. The van der Waals surface area contributed by atoms with Crippen LogP contribution in [0, 0.1) is 5.92 Å². The first-order valence-corrected chi connectivity index (χ1v) is 5.86. The second-order valence-electron chi connectivity index (χ2n) is 4.11. The van der Waals surface area contributed by atoms with Crippen molar-refractivity contribution in [2.24, 2.45) is 5.92 Å². The van der Waals surface area contributed by atoms with Crippen molar-refractivity contribution in [3.63, 3.8) is 0 Å². The Bertz CT molecular complexity index is 289. The summed E-state index contributed by atoms with van der Waals surface area (Å²) >= 11 is 0. The minimum Gasteiger partial charge on any atom is -0.356 e. The molecule has 0 saturated carbocycles. The number of nitrogens with one attached hydrogen (secondary N) is 2. The van der Waals surface area contributed by atoms with E-state index in [1.54, 1.807) is 0 Å². The van der Waals surface area contributed by atoms with Gasteiger partial charge >= 0.3 is 0 Å². The number of nitrogens with zero attached hydrogens (tertiary/aromatic N) is 2. The van der Waals surface area contributed by atoms with Crippen molar-refractivity contribution < 1.29 is 0 Å². The zero-order chi connectivity index (χ0) is 10.5. The fourth-order valence-corrected chi connectivity index (χ4v) is 2.08. The highest BCUT2D eigenvalue weighted by molar-refractivity contribution is 5.25. The van der Waals surface area contributed by atoms with Gasteiger partial charge < -0.3 is 15.2 Å². The number of hydrogen-bond donors (Lipinski definition) is 2. The fraction of sp³-hybridized carbons (Fsp3) is 0.727. The maximum Gasteiger partial charge on any atom is 0.202 e. The van der Waals surface area contributed by atoms with Gasteiger partial charge in [0, 0.05) is 25.5 Å². The highest BCUT2D eigenvalue weighted by Crippen LogP contribution is 2.12. The molecule has 0 radical (unpaired) electrons. The molecule has 0 spiro atoms. The van der Waals surface area contributed by atoms with Crippen LogP contribution in [0.25, 0.3) is 0 Å². The van der Waals surface area contributed by atoms with Gasteiger partial charge in [0.05, 0.1) is 0 Å². The second kappa shape index (κ2) is 5.16. The Morgan fingerprint density at radius 3 is 3.33 bits per heavy atom. The quantitative estimate of drug-likeness (QED) is 0.766. The first kappa shape index (κ1) is 10.5. The molecule has 1 saturated heterocycles. The monoisotopic (exact) mass is 208 g/mol. The molecule has 1 aromatic heterocycles. The minimum absolute atomic E-state index is 0.850. The number of anilines is 1.